The second-order valence-electron chi connectivity index (χ2n) is 10.1. The molecule has 1 unspecified atom stereocenters. The molecule has 0 aliphatic heterocycles. The summed E-state index contributed by atoms with van der Waals surface area (Å²) in [4.78, 5) is 0. The monoisotopic (exact) mass is 477 g/mol. The average Bonchev–Trinajstić information content (AvgIpc) is 3.22. The number of benzene rings is 1. The first-order chi connectivity index (χ1) is 16.0. The second kappa shape index (κ2) is 7.93. The number of hydrogen-bond acceptors (Lipinski definition) is 4. The van der Waals surface area contributed by atoms with E-state index in [-0.39, 0.29) is 28.5 Å². The van der Waals surface area contributed by atoms with Gasteiger partial charge in [0.25, 0.3) is 0 Å². The summed E-state index contributed by atoms with van der Waals surface area (Å²) in [5, 5.41) is 8.01. The summed E-state index contributed by atoms with van der Waals surface area (Å²) >= 11 is 0. The number of aromatic nitrogens is 3. The number of rotatable bonds is 5. The van der Waals surface area contributed by atoms with Gasteiger partial charge in [0.15, 0.2) is 5.65 Å². The van der Waals surface area contributed by atoms with Crippen molar-refractivity contribution in [2.45, 2.75) is 69.8 Å². The van der Waals surface area contributed by atoms with Crippen LogP contribution in [0.2, 0.25) is 0 Å². The van der Waals surface area contributed by atoms with Crippen molar-refractivity contribution in [2.75, 3.05) is 7.11 Å². The van der Waals surface area contributed by atoms with Gasteiger partial charge >= 0.3 is 6.18 Å². The van der Waals surface area contributed by atoms with Gasteiger partial charge in [0.2, 0.25) is 0 Å². The Kier molecular flexibility index (Phi) is 5.39. The van der Waals surface area contributed by atoms with Crippen molar-refractivity contribution in [1.29, 1.82) is 0 Å². The van der Waals surface area contributed by atoms with Crippen molar-refractivity contribution >= 4 is 5.65 Å². The lowest BCUT2D eigenvalue weighted by Gasteiger charge is -2.39. The minimum atomic E-state index is -4.64. The number of halogens is 4. The third-order valence-electron chi connectivity index (χ3n) is 7.47. The van der Waals surface area contributed by atoms with Crippen LogP contribution in [0.1, 0.15) is 68.8 Å². The molecule has 182 valence electrons. The van der Waals surface area contributed by atoms with E-state index >= 15 is 0 Å². The summed E-state index contributed by atoms with van der Waals surface area (Å²) in [7, 11) is 1.60. The van der Waals surface area contributed by atoms with Gasteiger partial charge in [0, 0.05) is 19.2 Å². The van der Waals surface area contributed by atoms with Crippen LogP contribution in [0.3, 0.4) is 0 Å². The topological polar surface area (TPSA) is 48.7 Å². The maximum Gasteiger partial charge on any atom is 0.423 e. The number of fused-ring (bicyclic) bond motifs is 1. The smallest absolute Gasteiger partial charge is 0.423 e. The van der Waals surface area contributed by atoms with Crippen LogP contribution >= 0.6 is 0 Å². The lowest BCUT2D eigenvalue weighted by molar-refractivity contribution is -0.138. The predicted molar refractivity (Wildman–Crippen MR) is 117 cm³/mol. The third kappa shape index (κ3) is 3.93. The first kappa shape index (κ1) is 23.1. The van der Waals surface area contributed by atoms with Crippen LogP contribution < -0.4 is 4.74 Å². The Hall–Kier alpha value is -2.68. The zero-order valence-corrected chi connectivity index (χ0v) is 19.3. The number of alkyl halides is 3. The van der Waals surface area contributed by atoms with E-state index in [0.29, 0.717) is 31.5 Å². The van der Waals surface area contributed by atoms with E-state index in [4.69, 9.17) is 9.47 Å². The van der Waals surface area contributed by atoms with Crippen molar-refractivity contribution < 1.29 is 27.0 Å². The molecule has 2 aliphatic rings. The first-order valence-electron chi connectivity index (χ1n) is 11.5. The Morgan fingerprint density at radius 1 is 1.03 bits per heavy atom. The summed E-state index contributed by atoms with van der Waals surface area (Å²) in [5.41, 5.74) is -0.864. The Morgan fingerprint density at radius 3 is 2.24 bits per heavy atom. The van der Waals surface area contributed by atoms with Gasteiger partial charge in [-0.25, -0.2) is 4.39 Å². The maximum atomic E-state index is 14.1. The van der Waals surface area contributed by atoms with Gasteiger partial charge in [0.05, 0.1) is 11.7 Å². The van der Waals surface area contributed by atoms with E-state index in [9.17, 15) is 17.6 Å². The zero-order chi connectivity index (χ0) is 24.3. The van der Waals surface area contributed by atoms with Gasteiger partial charge in [0.1, 0.15) is 23.0 Å². The van der Waals surface area contributed by atoms with Crippen LogP contribution in [-0.2, 0) is 16.5 Å². The highest BCUT2D eigenvalue weighted by molar-refractivity contribution is 5.57. The van der Waals surface area contributed by atoms with Crippen LogP contribution in [-0.4, -0.2) is 27.8 Å². The van der Waals surface area contributed by atoms with Gasteiger partial charge in [-0.3, -0.25) is 4.40 Å². The maximum absolute atomic E-state index is 14.1. The molecule has 3 aromatic rings. The molecule has 0 saturated heterocycles. The average molecular weight is 478 g/mol. The standard InChI is InChI=1S/C25H27F4N3O2/c1-23(2)14-18(23)21-30-31-22-20(25(27,28)29)19(10-13-32(21)22)34-17-8-11-24(33-3,12-9-17)15-4-6-16(26)7-5-15/h4-7,10,13,17-18H,8-9,11-12,14H2,1-3H3/t17-,18?,24+. The van der Waals surface area contributed by atoms with Crippen LogP contribution in [0.25, 0.3) is 5.65 Å². The molecule has 0 spiro atoms. The molecule has 2 aromatic heterocycles. The van der Waals surface area contributed by atoms with Crippen molar-refractivity contribution in [1.82, 2.24) is 14.6 Å². The number of nitrogens with zero attached hydrogens (tertiary/aromatic N) is 3. The number of pyridine rings is 1. The van der Waals surface area contributed by atoms with Crippen LogP contribution in [0.15, 0.2) is 36.5 Å². The van der Waals surface area contributed by atoms with Gasteiger partial charge in [-0.1, -0.05) is 26.0 Å². The van der Waals surface area contributed by atoms with E-state index in [1.807, 2.05) is 0 Å². The molecule has 5 nitrogen and oxygen atoms in total. The first-order valence-corrected chi connectivity index (χ1v) is 11.5. The van der Waals surface area contributed by atoms with E-state index < -0.39 is 23.4 Å². The van der Waals surface area contributed by atoms with E-state index in [2.05, 4.69) is 24.0 Å². The minimum Gasteiger partial charge on any atom is -0.490 e. The molecule has 2 fully saturated rings. The highest BCUT2D eigenvalue weighted by Gasteiger charge is 2.50. The second-order valence-corrected chi connectivity index (χ2v) is 10.1. The highest BCUT2D eigenvalue weighted by Crippen LogP contribution is 2.58. The van der Waals surface area contributed by atoms with Gasteiger partial charge in [-0.05, 0) is 61.3 Å². The molecular weight excluding hydrogens is 450 g/mol. The molecule has 1 aromatic carbocycles. The summed E-state index contributed by atoms with van der Waals surface area (Å²) in [6.07, 6.45) is -0.499. The van der Waals surface area contributed by atoms with Gasteiger partial charge < -0.3 is 9.47 Å². The van der Waals surface area contributed by atoms with Crippen LogP contribution in [0.5, 0.6) is 5.75 Å². The van der Waals surface area contributed by atoms with Gasteiger partial charge in [-0.2, -0.15) is 13.2 Å². The van der Waals surface area contributed by atoms with Crippen molar-refractivity contribution in [2.24, 2.45) is 5.41 Å². The van der Waals surface area contributed by atoms with E-state index in [0.717, 1.165) is 12.0 Å². The Morgan fingerprint density at radius 2 is 1.68 bits per heavy atom. The fourth-order valence-electron chi connectivity index (χ4n) is 5.19. The van der Waals surface area contributed by atoms with E-state index in [1.54, 1.807) is 25.4 Å². The molecule has 0 radical (unpaired) electrons. The number of methoxy groups -OCH3 is 1. The number of hydrogen-bond donors (Lipinski definition) is 0. The van der Waals surface area contributed by atoms with Gasteiger partial charge in [-0.15, -0.1) is 10.2 Å². The Labute approximate surface area is 195 Å². The predicted octanol–water partition coefficient (Wildman–Crippen LogP) is 6.26. The molecule has 5 rings (SSSR count). The summed E-state index contributed by atoms with van der Waals surface area (Å²) in [5.74, 6) is 0.0795. The number of ether oxygens (including phenoxy) is 2. The molecule has 9 heteroatoms. The third-order valence-corrected chi connectivity index (χ3v) is 7.47. The van der Waals surface area contributed by atoms with Crippen molar-refractivity contribution in [3.63, 3.8) is 0 Å². The molecule has 2 heterocycles. The molecule has 1 atom stereocenters. The SMILES string of the molecule is CO[C@]1(c2ccc(F)cc2)CC[C@H](Oc2ccn3c(C4CC4(C)C)nnc3c2C(F)(F)F)CC1. The summed E-state index contributed by atoms with van der Waals surface area (Å²) < 4.78 is 68.9. The lowest BCUT2D eigenvalue weighted by Crippen LogP contribution is -2.37. The molecule has 2 aliphatic carbocycles. The highest BCUT2D eigenvalue weighted by atomic mass is 19.4. The lowest BCUT2D eigenvalue weighted by atomic mass is 9.78. The van der Waals surface area contributed by atoms with Crippen molar-refractivity contribution in [3.8, 4) is 5.75 Å². The molecule has 34 heavy (non-hydrogen) atoms. The zero-order valence-electron chi connectivity index (χ0n) is 19.3. The quantitative estimate of drug-likeness (QED) is 0.407. The van der Waals surface area contributed by atoms with E-state index in [1.165, 1.54) is 22.6 Å². The molecule has 0 amide bonds. The fraction of sp³-hybridized carbons (Fsp3) is 0.520. The van der Waals surface area contributed by atoms with Crippen LogP contribution in [0.4, 0.5) is 17.6 Å². The Balaban J connectivity index is 1.39. The largest absolute Gasteiger partial charge is 0.490 e. The Bertz CT molecular complexity index is 1200. The van der Waals surface area contributed by atoms with Crippen LogP contribution in [0, 0.1) is 11.2 Å². The summed E-state index contributed by atoms with van der Waals surface area (Å²) in [6.45, 7) is 4.13. The minimum absolute atomic E-state index is 0.0109. The van der Waals surface area contributed by atoms with Crippen molar-refractivity contribution in [3.05, 3.63) is 59.3 Å². The molecule has 2 saturated carbocycles. The molecular formula is C25H27F4N3O2. The molecule has 0 bridgehead atoms. The fourth-order valence-corrected chi connectivity index (χ4v) is 5.19. The molecule has 0 N–H and O–H groups in total. The normalized spacial score (nSPS) is 26.6. The summed E-state index contributed by atoms with van der Waals surface area (Å²) in [6, 6.07) is 7.54.